The Kier molecular flexibility index (Phi) is 4.52. The monoisotopic (exact) mass is 392 g/mol. The van der Waals surface area contributed by atoms with E-state index in [9.17, 15) is 0 Å². The number of nitrogens with one attached hydrogen (secondary N) is 1. The van der Waals surface area contributed by atoms with Gasteiger partial charge in [0.1, 0.15) is 0 Å². The number of rotatable bonds is 3. The highest BCUT2D eigenvalue weighted by Crippen LogP contribution is 2.25. The molecule has 110 valence electrons. The summed E-state index contributed by atoms with van der Waals surface area (Å²) in [6.07, 6.45) is 1.72. The van der Waals surface area contributed by atoms with E-state index in [1.165, 1.54) is 0 Å². The fourth-order valence-corrected chi connectivity index (χ4v) is 2.55. The lowest BCUT2D eigenvalue weighted by atomic mass is 10.2. The topological polar surface area (TPSA) is 46.0 Å². The van der Waals surface area contributed by atoms with Crippen LogP contribution in [0.4, 0.5) is 0 Å². The minimum absolute atomic E-state index is 0.406. The average molecular weight is 394 g/mol. The second-order valence-electron chi connectivity index (χ2n) is 4.44. The van der Waals surface area contributed by atoms with Crippen molar-refractivity contribution in [1.29, 1.82) is 0 Å². The Balaban J connectivity index is 2.02. The molecule has 0 spiro atoms. The molecule has 0 fully saturated rings. The summed E-state index contributed by atoms with van der Waals surface area (Å²) < 4.78 is 2.98. The maximum Gasteiger partial charge on any atom is 0.216 e. The van der Waals surface area contributed by atoms with Crippen molar-refractivity contribution in [3.63, 3.8) is 0 Å². The molecule has 1 aromatic heterocycles. The predicted octanol–water partition coefficient (Wildman–Crippen LogP) is 4.91. The zero-order chi connectivity index (χ0) is 15.5. The zero-order valence-electron chi connectivity index (χ0n) is 11.2. The summed E-state index contributed by atoms with van der Waals surface area (Å²) in [6, 6.07) is 15.2. The van der Waals surface area contributed by atoms with Crippen molar-refractivity contribution in [2.45, 2.75) is 0 Å². The van der Waals surface area contributed by atoms with Crippen LogP contribution in [0, 0.1) is 4.77 Å². The van der Waals surface area contributed by atoms with Crippen molar-refractivity contribution >= 4 is 46.0 Å². The molecule has 0 unspecified atom stereocenters. The first-order chi connectivity index (χ1) is 10.6. The zero-order valence-corrected chi connectivity index (χ0v) is 14.4. The van der Waals surface area contributed by atoms with Crippen LogP contribution in [0.1, 0.15) is 5.56 Å². The molecule has 3 rings (SSSR count). The lowest BCUT2D eigenvalue weighted by molar-refractivity contribution is 0.871. The van der Waals surface area contributed by atoms with E-state index in [1.54, 1.807) is 17.0 Å². The van der Waals surface area contributed by atoms with Crippen molar-refractivity contribution in [2.75, 3.05) is 0 Å². The first kappa shape index (κ1) is 15.1. The van der Waals surface area contributed by atoms with E-state index in [0.717, 1.165) is 15.6 Å². The average Bonchev–Trinajstić information content (AvgIpc) is 2.88. The molecule has 0 saturated heterocycles. The molecule has 3 aromatic rings. The first-order valence-corrected chi connectivity index (χ1v) is 7.95. The van der Waals surface area contributed by atoms with Gasteiger partial charge in [0.15, 0.2) is 5.82 Å². The third-order valence-electron chi connectivity index (χ3n) is 2.96. The van der Waals surface area contributed by atoms with Crippen LogP contribution in [0.5, 0.6) is 0 Å². The van der Waals surface area contributed by atoms with Gasteiger partial charge < -0.3 is 0 Å². The third-order valence-corrected chi connectivity index (χ3v) is 4.08. The number of hydrogen-bond donors (Lipinski definition) is 1. The molecule has 0 amide bonds. The largest absolute Gasteiger partial charge is 0.250 e. The number of benzene rings is 2. The number of nitrogens with zero attached hydrogens (tertiary/aromatic N) is 3. The molecule has 0 saturated carbocycles. The van der Waals surface area contributed by atoms with Crippen molar-refractivity contribution in [3.8, 4) is 11.4 Å². The number of H-pyrrole nitrogens is 1. The Hall–Kier alpha value is -1.76. The number of aromatic amines is 1. The number of hydrogen-bond acceptors (Lipinski definition) is 3. The van der Waals surface area contributed by atoms with Gasteiger partial charge in [-0.2, -0.15) is 14.9 Å². The van der Waals surface area contributed by atoms with Gasteiger partial charge in [0.2, 0.25) is 4.77 Å². The van der Waals surface area contributed by atoms with Gasteiger partial charge in [0.25, 0.3) is 0 Å². The quantitative estimate of drug-likeness (QED) is 0.508. The van der Waals surface area contributed by atoms with E-state index >= 15 is 0 Å². The highest BCUT2D eigenvalue weighted by atomic mass is 79.9. The molecule has 1 heterocycles. The third kappa shape index (κ3) is 3.19. The van der Waals surface area contributed by atoms with Gasteiger partial charge in [-0.1, -0.05) is 51.8 Å². The van der Waals surface area contributed by atoms with Crippen molar-refractivity contribution in [2.24, 2.45) is 5.10 Å². The molecule has 0 aliphatic rings. The smallest absolute Gasteiger partial charge is 0.216 e. The molecule has 2 aromatic carbocycles. The number of aromatic nitrogens is 3. The highest BCUT2D eigenvalue weighted by molar-refractivity contribution is 9.10. The lowest BCUT2D eigenvalue weighted by Crippen LogP contribution is -1.95. The van der Waals surface area contributed by atoms with Crippen molar-refractivity contribution in [1.82, 2.24) is 14.9 Å². The van der Waals surface area contributed by atoms with Gasteiger partial charge in [-0.3, -0.25) is 0 Å². The van der Waals surface area contributed by atoms with Crippen molar-refractivity contribution in [3.05, 3.63) is 68.4 Å². The summed E-state index contributed by atoms with van der Waals surface area (Å²) in [4.78, 5) is 0. The van der Waals surface area contributed by atoms with Crippen LogP contribution < -0.4 is 0 Å². The van der Waals surface area contributed by atoms with Crippen LogP contribution in [0.25, 0.3) is 11.4 Å². The van der Waals surface area contributed by atoms with E-state index in [-0.39, 0.29) is 0 Å². The molecule has 22 heavy (non-hydrogen) atoms. The van der Waals surface area contributed by atoms with Gasteiger partial charge in [-0.15, -0.1) is 0 Å². The fraction of sp³-hybridized carbons (Fsp3) is 0. The molecule has 0 atom stereocenters. The molecule has 4 nitrogen and oxygen atoms in total. The second kappa shape index (κ2) is 6.56. The van der Waals surface area contributed by atoms with Crippen LogP contribution in [-0.4, -0.2) is 21.1 Å². The first-order valence-electron chi connectivity index (χ1n) is 6.37. The summed E-state index contributed by atoms with van der Waals surface area (Å²) in [5, 5.41) is 12.0. The fourth-order valence-electron chi connectivity index (χ4n) is 1.89. The van der Waals surface area contributed by atoms with Gasteiger partial charge in [-0.25, -0.2) is 5.10 Å². The Bertz CT molecular complexity index is 883. The maximum absolute atomic E-state index is 6.22. The van der Waals surface area contributed by atoms with Crippen LogP contribution in [-0.2, 0) is 0 Å². The van der Waals surface area contributed by atoms with Crippen LogP contribution >= 0.6 is 39.7 Å². The molecule has 7 heteroatoms. The SMILES string of the molecule is S=c1[nH]nc(-c2ccccc2Cl)n1/N=C\c1ccc(Br)cc1. The lowest BCUT2D eigenvalue weighted by Gasteiger charge is -2.03. The van der Waals surface area contributed by atoms with Gasteiger partial charge in [-0.05, 0) is 42.0 Å². The molecule has 0 bridgehead atoms. The van der Waals surface area contributed by atoms with Crippen LogP contribution in [0.3, 0.4) is 0 Å². The Labute approximate surface area is 145 Å². The second-order valence-corrected chi connectivity index (χ2v) is 6.15. The van der Waals surface area contributed by atoms with E-state index in [1.807, 2.05) is 42.5 Å². The van der Waals surface area contributed by atoms with Crippen LogP contribution in [0.15, 0.2) is 58.1 Å². The summed E-state index contributed by atoms with van der Waals surface area (Å²) in [5.41, 5.74) is 1.72. The Morgan fingerprint density at radius 3 is 2.64 bits per heavy atom. The van der Waals surface area contributed by atoms with E-state index in [2.05, 4.69) is 31.2 Å². The van der Waals surface area contributed by atoms with Gasteiger partial charge >= 0.3 is 0 Å². The highest BCUT2D eigenvalue weighted by Gasteiger charge is 2.10. The maximum atomic E-state index is 6.22. The molecule has 0 radical (unpaired) electrons. The molecule has 0 aliphatic carbocycles. The van der Waals surface area contributed by atoms with Crippen LogP contribution in [0.2, 0.25) is 5.02 Å². The Morgan fingerprint density at radius 2 is 1.91 bits per heavy atom. The normalized spacial score (nSPS) is 11.2. The van der Waals surface area contributed by atoms with Crippen molar-refractivity contribution < 1.29 is 0 Å². The summed E-state index contributed by atoms with van der Waals surface area (Å²) in [6.45, 7) is 0. The van der Waals surface area contributed by atoms with Gasteiger partial charge in [0.05, 0.1) is 11.2 Å². The minimum Gasteiger partial charge on any atom is -0.250 e. The Morgan fingerprint density at radius 1 is 1.18 bits per heavy atom. The molecule has 0 aliphatic heterocycles. The van der Waals surface area contributed by atoms with E-state index < -0.39 is 0 Å². The standard InChI is InChI=1S/C15H10BrClN4S/c16-11-7-5-10(6-8-11)9-18-21-14(19-20-15(21)22)12-3-1-2-4-13(12)17/h1-9H,(H,20,22)/b18-9-. The summed E-state index contributed by atoms with van der Waals surface area (Å²) in [7, 11) is 0. The molecular weight excluding hydrogens is 384 g/mol. The summed E-state index contributed by atoms with van der Waals surface area (Å²) >= 11 is 14.9. The molecule has 1 N–H and O–H groups in total. The number of halogens is 2. The van der Waals surface area contributed by atoms with Gasteiger partial charge in [0, 0.05) is 10.0 Å². The predicted molar refractivity (Wildman–Crippen MR) is 95.0 cm³/mol. The summed E-state index contributed by atoms with van der Waals surface area (Å²) in [5.74, 6) is 0.573. The minimum atomic E-state index is 0.406. The van der Waals surface area contributed by atoms with E-state index in [0.29, 0.717) is 15.6 Å². The molecular formula is C15H10BrClN4S. The van der Waals surface area contributed by atoms with E-state index in [4.69, 9.17) is 23.8 Å².